The molecule has 25 heavy (non-hydrogen) atoms. The van der Waals surface area contributed by atoms with Crippen molar-refractivity contribution in [2.24, 2.45) is 0 Å². The van der Waals surface area contributed by atoms with Gasteiger partial charge < -0.3 is 4.74 Å². The Labute approximate surface area is 147 Å². The Morgan fingerprint density at radius 2 is 1.64 bits per heavy atom. The van der Waals surface area contributed by atoms with Gasteiger partial charge in [-0.2, -0.15) is 0 Å². The van der Waals surface area contributed by atoms with Crippen molar-refractivity contribution in [1.29, 1.82) is 0 Å². The third-order valence-electron chi connectivity index (χ3n) is 4.43. The predicted octanol–water partition coefficient (Wildman–Crippen LogP) is 3.32. The van der Waals surface area contributed by atoms with Crippen LogP contribution in [0, 0.1) is 12.3 Å². The van der Waals surface area contributed by atoms with Crippen LogP contribution < -0.4 is 4.74 Å². The van der Waals surface area contributed by atoms with Crippen molar-refractivity contribution in [1.82, 2.24) is 4.90 Å². The Bertz CT molecular complexity index is 798. The van der Waals surface area contributed by atoms with Gasteiger partial charge in [0.1, 0.15) is 11.8 Å². The summed E-state index contributed by atoms with van der Waals surface area (Å²) in [7, 11) is 1.63. The van der Waals surface area contributed by atoms with E-state index >= 15 is 0 Å². The van der Waals surface area contributed by atoms with Gasteiger partial charge in [-0.3, -0.25) is 14.5 Å². The number of methoxy groups -OCH3 is 1. The zero-order valence-corrected chi connectivity index (χ0v) is 14.1. The molecule has 4 nitrogen and oxygen atoms in total. The maximum Gasteiger partial charge on any atom is 0.262 e. The molecule has 0 N–H and O–H groups in total. The second kappa shape index (κ2) is 7.23. The fourth-order valence-electron chi connectivity index (χ4n) is 3.07. The van der Waals surface area contributed by atoms with Crippen molar-refractivity contribution in [2.75, 3.05) is 7.11 Å². The number of amides is 2. The number of ether oxygens (including phenoxy) is 1. The molecule has 1 heterocycles. The van der Waals surface area contributed by atoms with Crippen LogP contribution >= 0.6 is 0 Å². The second-order valence-corrected chi connectivity index (χ2v) is 5.95. The Morgan fingerprint density at radius 1 is 1.04 bits per heavy atom. The zero-order valence-electron chi connectivity index (χ0n) is 14.1. The number of fused-ring (bicyclic) bond motifs is 1. The SMILES string of the molecule is C#CC(CCCc1ccc(OC)cc1)N1C(=O)c2ccccc2C1=O. The van der Waals surface area contributed by atoms with Gasteiger partial charge in [0.2, 0.25) is 0 Å². The van der Waals surface area contributed by atoms with Crippen LogP contribution in [0.5, 0.6) is 5.75 Å². The predicted molar refractivity (Wildman–Crippen MR) is 95.5 cm³/mol. The van der Waals surface area contributed by atoms with Gasteiger partial charge in [0.05, 0.1) is 18.2 Å². The molecule has 2 aromatic carbocycles. The van der Waals surface area contributed by atoms with Gasteiger partial charge in [-0.05, 0) is 49.1 Å². The maximum atomic E-state index is 12.5. The Kier molecular flexibility index (Phi) is 4.85. The van der Waals surface area contributed by atoms with E-state index in [9.17, 15) is 9.59 Å². The van der Waals surface area contributed by atoms with Gasteiger partial charge in [-0.15, -0.1) is 6.42 Å². The molecule has 0 radical (unpaired) electrons. The Morgan fingerprint density at radius 3 is 2.16 bits per heavy atom. The summed E-state index contributed by atoms with van der Waals surface area (Å²) in [5, 5.41) is 0. The molecule has 0 aliphatic carbocycles. The lowest BCUT2D eigenvalue weighted by atomic mass is 10.0. The molecule has 3 rings (SSSR count). The van der Waals surface area contributed by atoms with Crippen molar-refractivity contribution in [3.05, 3.63) is 65.2 Å². The first kappa shape index (κ1) is 16.8. The van der Waals surface area contributed by atoms with Crippen molar-refractivity contribution >= 4 is 11.8 Å². The first-order valence-corrected chi connectivity index (χ1v) is 8.21. The summed E-state index contributed by atoms with van der Waals surface area (Å²) < 4.78 is 5.14. The standard InChI is InChI=1S/C21H19NO3/c1-3-16(8-6-7-15-11-13-17(25-2)14-12-15)22-20(23)18-9-4-5-10-19(18)21(22)24/h1,4-5,9-14,16H,6-8H2,2H3. The highest BCUT2D eigenvalue weighted by atomic mass is 16.5. The minimum Gasteiger partial charge on any atom is -0.497 e. The van der Waals surface area contributed by atoms with E-state index < -0.39 is 6.04 Å². The van der Waals surface area contributed by atoms with Crippen LogP contribution in [0.2, 0.25) is 0 Å². The summed E-state index contributed by atoms with van der Waals surface area (Å²) in [5.41, 5.74) is 2.03. The molecule has 0 aromatic heterocycles. The first-order chi connectivity index (χ1) is 12.2. The highest BCUT2D eigenvalue weighted by Crippen LogP contribution is 2.26. The lowest BCUT2D eigenvalue weighted by Crippen LogP contribution is -2.39. The van der Waals surface area contributed by atoms with Gasteiger partial charge in [0.15, 0.2) is 0 Å². The lowest BCUT2D eigenvalue weighted by Gasteiger charge is -2.21. The normalized spacial score (nSPS) is 14.2. The average molecular weight is 333 g/mol. The summed E-state index contributed by atoms with van der Waals surface area (Å²) in [6.07, 6.45) is 7.81. The van der Waals surface area contributed by atoms with Crippen LogP contribution in [0.3, 0.4) is 0 Å². The van der Waals surface area contributed by atoms with Gasteiger partial charge in [0, 0.05) is 0 Å². The third kappa shape index (κ3) is 3.27. The quantitative estimate of drug-likeness (QED) is 0.602. The smallest absolute Gasteiger partial charge is 0.262 e. The van der Waals surface area contributed by atoms with Gasteiger partial charge in [-0.25, -0.2) is 0 Å². The van der Waals surface area contributed by atoms with E-state index in [0.29, 0.717) is 17.5 Å². The van der Waals surface area contributed by atoms with Crippen LogP contribution in [0.1, 0.15) is 39.1 Å². The number of carbonyl (C=O) groups excluding carboxylic acids is 2. The first-order valence-electron chi connectivity index (χ1n) is 8.21. The number of carbonyl (C=O) groups is 2. The highest BCUT2D eigenvalue weighted by molar-refractivity contribution is 6.21. The summed E-state index contributed by atoms with van der Waals surface area (Å²) in [6, 6.07) is 14.2. The van der Waals surface area contributed by atoms with Crippen LogP contribution in [0.4, 0.5) is 0 Å². The largest absolute Gasteiger partial charge is 0.497 e. The molecule has 0 bridgehead atoms. The van der Waals surface area contributed by atoms with Crippen LogP contribution in [0.15, 0.2) is 48.5 Å². The number of rotatable bonds is 6. The number of terminal acetylenes is 1. The number of aryl methyl sites for hydroxylation is 1. The minimum absolute atomic E-state index is 0.298. The number of hydrogen-bond donors (Lipinski definition) is 0. The highest BCUT2D eigenvalue weighted by Gasteiger charge is 2.38. The van der Waals surface area contributed by atoms with Crippen molar-refractivity contribution < 1.29 is 14.3 Å². The maximum absolute atomic E-state index is 12.5. The Hall–Kier alpha value is -3.06. The molecule has 0 fully saturated rings. The van der Waals surface area contributed by atoms with E-state index in [1.165, 1.54) is 10.5 Å². The fourth-order valence-corrected chi connectivity index (χ4v) is 3.07. The van der Waals surface area contributed by atoms with Gasteiger partial charge in [-0.1, -0.05) is 30.2 Å². The molecular weight excluding hydrogens is 314 g/mol. The number of hydrogen-bond acceptors (Lipinski definition) is 3. The summed E-state index contributed by atoms with van der Waals surface area (Å²) in [4.78, 5) is 26.2. The molecule has 0 saturated carbocycles. The van der Waals surface area contributed by atoms with Crippen molar-refractivity contribution in [3.8, 4) is 18.1 Å². The van der Waals surface area contributed by atoms with E-state index in [0.717, 1.165) is 18.6 Å². The summed E-state index contributed by atoms with van der Waals surface area (Å²) in [6.45, 7) is 0. The summed E-state index contributed by atoms with van der Waals surface area (Å²) in [5.74, 6) is 2.83. The second-order valence-electron chi connectivity index (χ2n) is 5.95. The molecule has 1 atom stereocenters. The minimum atomic E-state index is -0.523. The molecule has 1 unspecified atom stereocenters. The molecule has 2 aromatic rings. The summed E-state index contributed by atoms with van der Waals surface area (Å²) >= 11 is 0. The van der Waals surface area contributed by atoms with Crippen LogP contribution in [-0.2, 0) is 6.42 Å². The fraction of sp³-hybridized carbons (Fsp3) is 0.238. The molecule has 126 valence electrons. The number of nitrogens with zero attached hydrogens (tertiary/aromatic N) is 1. The molecular formula is C21H19NO3. The van der Waals surface area contributed by atoms with E-state index in [-0.39, 0.29) is 11.8 Å². The van der Waals surface area contributed by atoms with E-state index in [4.69, 9.17) is 11.2 Å². The topological polar surface area (TPSA) is 46.6 Å². The monoisotopic (exact) mass is 333 g/mol. The molecule has 0 spiro atoms. The van der Waals surface area contributed by atoms with E-state index in [1.54, 1.807) is 31.4 Å². The lowest BCUT2D eigenvalue weighted by molar-refractivity contribution is 0.0614. The molecule has 1 aliphatic rings. The Balaban J connectivity index is 1.64. The zero-order chi connectivity index (χ0) is 17.8. The number of imide groups is 1. The van der Waals surface area contributed by atoms with Crippen LogP contribution in [0.25, 0.3) is 0 Å². The molecule has 0 saturated heterocycles. The van der Waals surface area contributed by atoms with Crippen LogP contribution in [-0.4, -0.2) is 29.9 Å². The molecule has 2 amide bonds. The third-order valence-corrected chi connectivity index (χ3v) is 4.43. The molecule has 4 heteroatoms. The van der Waals surface area contributed by atoms with Crippen molar-refractivity contribution in [2.45, 2.75) is 25.3 Å². The van der Waals surface area contributed by atoms with E-state index in [2.05, 4.69) is 5.92 Å². The molecule has 1 aliphatic heterocycles. The van der Waals surface area contributed by atoms with Crippen molar-refractivity contribution in [3.63, 3.8) is 0 Å². The van der Waals surface area contributed by atoms with Gasteiger partial charge in [0.25, 0.3) is 11.8 Å². The van der Waals surface area contributed by atoms with E-state index in [1.807, 2.05) is 24.3 Å². The average Bonchev–Trinajstić information content (AvgIpc) is 2.91. The number of benzene rings is 2. The van der Waals surface area contributed by atoms with Gasteiger partial charge >= 0.3 is 0 Å².